The Balaban J connectivity index is 1.08. The summed E-state index contributed by atoms with van der Waals surface area (Å²) in [6, 6.07) is 0. The standard InChI is InChI=1S/C32H48O9/c1-4-5-6-39-26(35)27-8-22-9-28(36,14-27)17-31(12-22,15-27)40-24(33)20(2)7-21(3)25(34)41-32-13-23-10-29(37,18-32)16-30(38,11-23)19-32/h20-23,36-38H,4-19H2,1-3H3. The first-order valence-corrected chi connectivity index (χ1v) is 15.9. The zero-order valence-electron chi connectivity index (χ0n) is 24.9. The number of unbranched alkanes of at least 4 members (excludes halogenated alkanes) is 1. The fourth-order valence-electron chi connectivity index (χ4n) is 10.8. The van der Waals surface area contributed by atoms with Crippen molar-refractivity contribution in [2.45, 2.75) is 145 Å². The summed E-state index contributed by atoms with van der Waals surface area (Å²) in [5, 5.41) is 33.4. The zero-order valence-corrected chi connectivity index (χ0v) is 24.9. The highest BCUT2D eigenvalue weighted by Gasteiger charge is 2.68. The fraction of sp³-hybridized carbons (Fsp3) is 0.906. The molecule has 8 aliphatic rings. The summed E-state index contributed by atoms with van der Waals surface area (Å²) in [6.45, 7) is 5.88. The summed E-state index contributed by atoms with van der Waals surface area (Å²) in [6.07, 6.45) is 7.87. The average Bonchev–Trinajstić information content (AvgIpc) is 2.79. The lowest BCUT2D eigenvalue weighted by atomic mass is 9.46. The van der Waals surface area contributed by atoms with Gasteiger partial charge in [-0.2, -0.15) is 0 Å². The first-order valence-electron chi connectivity index (χ1n) is 15.9. The van der Waals surface area contributed by atoms with E-state index < -0.39 is 57.2 Å². The van der Waals surface area contributed by atoms with Crippen molar-refractivity contribution >= 4 is 17.9 Å². The van der Waals surface area contributed by atoms with Crippen molar-refractivity contribution in [2.75, 3.05) is 6.61 Å². The van der Waals surface area contributed by atoms with Gasteiger partial charge in [-0.3, -0.25) is 14.4 Å². The molecule has 0 aliphatic heterocycles. The Hall–Kier alpha value is -1.71. The third-order valence-electron chi connectivity index (χ3n) is 11.3. The predicted molar refractivity (Wildman–Crippen MR) is 146 cm³/mol. The van der Waals surface area contributed by atoms with Crippen LogP contribution in [-0.2, 0) is 28.6 Å². The molecule has 3 N–H and O–H groups in total. The maximum absolute atomic E-state index is 13.4. The quantitative estimate of drug-likeness (QED) is 0.202. The molecular weight excluding hydrogens is 528 g/mol. The molecule has 0 aromatic heterocycles. The van der Waals surface area contributed by atoms with Crippen LogP contribution < -0.4 is 0 Å². The second-order valence-corrected chi connectivity index (χ2v) is 15.7. The van der Waals surface area contributed by atoms with Gasteiger partial charge in [-0.25, -0.2) is 0 Å². The van der Waals surface area contributed by atoms with Crippen molar-refractivity contribution in [3.8, 4) is 0 Å². The van der Waals surface area contributed by atoms with Gasteiger partial charge in [0.05, 0.1) is 40.7 Å². The van der Waals surface area contributed by atoms with Crippen molar-refractivity contribution in [1.29, 1.82) is 0 Å². The van der Waals surface area contributed by atoms with E-state index in [1.54, 1.807) is 13.8 Å². The van der Waals surface area contributed by atoms with E-state index in [2.05, 4.69) is 0 Å². The molecule has 8 fully saturated rings. The molecule has 8 saturated carbocycles. The molecule has 8 aliphatic carbocycles. The Bertz CT molecular complexity index is 1090. The van der Waals surface area contributed by atoms with Crippen LogP contribution in [-0.4, -0.2) is 67.8 Å². The van der Waals surface area contributed by atoms with Crippen LogP contribution in [0.3, 0.4) is 0 Å². The summed E-state index contributed by atoms with van der Waals surface area (Å²) >= 11 is 0. The van der Waals surface area contributed by atoms with Crippen molar-refractivity contribution < 1.29 is 43.9 Å². The molecule has 8 rings (SSSR count). The van der Waals surface area contributed by atoms with E-state index in [1.165, 1.54) is 0 Å². The molecule has 0 radical (unpaired) electrons. The van der Waals surface area contributed by atoms with E-state index in [-0.39, 0.29) is 24.2 Å². The SMILES string of the molecule is CCCCOC(=O)C12CC3CC(O)(CC(OC(=O)C(C)CC(C)C(=O)OC45CC6CC(O)(CC(O)(C6)C4)C5)(C3)C1)C2. The van der Waals surface area contributed by atoms with Gasteiger partial charge in [-0.1, -0.05) is 27.2 Å². The number of esters is 3. The molecule has 41 heavy (non-hydrogen) atoms. The van der Waals surface area contributed by atoms with Crippen LogP contribution in [0, 0.1) is 29.1 Å². The second-order valence-electron chi connectivity index (χ2n) is 15.7. The molecule has 8 atom stereocenters. The Morgan fingerprint density at radius 3 is 1.68 bits per heavy atom. The number of rotatable bonds is 10. The second kappa shape index (κ2) is 9.65. The van der Waals surface area contributed by atoms with E-state index in [1.807, 2.05) is 6.92 Å². The van der Waals surface area contributed by atoms with Gasteiger partial charge in [-0.05, 0) is 69.6 Å². The van der Waals surface area contributed by atoms with Crippen LogP contribution in [0.5, 0.6) is 0 Å². The summed E-state index contributed by atoms with van der Waals surface area (Å²) in [7, 11) is 0. The fourth-order valence-corrected chi connectivity index (χ4v) is 10.8. The van der Waals surface area contributed by atoms with Gasteiger partial charge in [0.15, 0.2) is 0 Å². The van der Waals surface area contributed by atoms with E-state index >= 15 is 0 Å². The summed E-state index contributed by atoms with van der Waals surface area (Å²) in [5.74, 6) is -2.05. The number of hydrogen-bond donors (Lipinski definition) is 3. The van der Waals surface area contributed by atoms with Crippen LogP contribution in [0.4, 0.5) is 0 Å². The highest BCUT2D eigenvalue weighted by molar-refractivity contribution is 5.79. The maximum atomic E-state index is 13.4. The summed E-state index contributed by atoms with van der Waals surface area (Å²) < 4.78 is 17.9. The topological polar surface area (TPSA) is 140 Å². The first kappa shape index (κ1) is 29.4. The Kier molecular flexibility index (Phi) is 6.91. The maximum Gasteiger partial charge on any atom is 0.312 e. The molecule has 0 amide bonds. The minimum Gasteiger partial charge on any atom is -0.465 e. The highest BCUT2D eigenvalue weighted by atomic mass is 16.6. The average molecular weight is 577 g/mol. The normalized spacial score (nSPS) is 46.7. The minimum atomic E-state index is -1.05. The van der Waals surface area contributed by atoms with E-state index in [9.17, 15) is 29.7 Å². The van der Waals surface area contributed by atoms with E-state index in [0.717, 1.165) is 12.8 Å². The predicted octanol–water partition coefficient (Wildman–Crippen LogP) is 3.73. The third kappa shape index (κ3) is 5.33. The van der Waals surface area contributed by atoms with Crippen LogP contribution in [0.2, 0.25) is 0 Å². The molecule has 230 valence electrons. The van der Waals surface area contributed by atoms with Crippen molar-refractivity contribution in [2.24, 2.45) is 29.1 Å². The van der Waals surface area contributed by atoms with E-state index in [0.29, 0.717) is 83.7 Å². The molecule has 8 bridgehead atoms. The monoisotopic (exact) mass is 576 g/mol. The number of hydrogen-bond acceptors (Lipinski definition) is 9. The molecule has 0 aromatic carbocycles. The van der Waals surface area contributed by atoms with Crippen LogP contribution in [0.15, 0.2) is 0 Å². The zero-order chi connectivity index (χ0) is 29.5. The van der Waals surface area contributed by atoms with Gasteiger partial charge in [0.2, 0.25) is 0 Å². The molecule has 0 spiro atoms. The Labute approximate surface area is 242 Å². The first-order chi connectivity index (χ1) is 19.1. The summed E-state index contributed by atoms with van der Waals surface area (Å²) in [5.41, 5.74) is -5.61. The molecule has 8 unspecified atom stereocenters. The van der Waals surface area contributed by atoms with E-state index in [4.69, 9.17) is 14.2 Å². The molecule has 0 aromatic rings. The molecule has 9 nitrogen and oxygen atoms in total. The Morgan fingerprint density at radius 1 is 0.707 bits per heavy atom. The number of carbonyl (C=O) groups excluding carboxylic acids is 3. The van der Waals surface area contributed by atoms with Gasteiger partial charge in [0.1, 0.15) is 11.2 Å². The van der Waals surface area contributed by atoms with Crippen LogP contribution >= 0.6 is 0 Å². The van der Waals surface area contributed by atoms with Crippen LogP contribution in [0.25, 0.3) is 0 Å². The molecule has 0 saturated heterocycles. The number of aliphatic hydroxyl groups is 3. The third-order valence-corrected chi connectivity index (χ3v) is 11.3. The number of carbonyl (C=O) groups is 3. The largest absolute Gasteiger partial charge is 0.465 e. The summed E-state index contributed by atoms with van der Waals surface area (Å²) in [4.78, 5) is 39.9. The van der Waals surface area contributed by atoms with Crippen LogP contribution in [0.1, 0.15) is 117 Å². The molecule has 9 heteroatoms. The van der Waals surface area contributed by atoms with Crippen molar-refractivity contribution in [3.63, 3.8) is 0 Å². The molecule has 0 heterocycles. The lowest BCUT2D eigenvalue weighted by molar-refractivity contribution is -0.262. The lowest BCUT2D eigenvalue weighted by Crippen LogP contribution is -2.67. The minimum absolute atomic E-state index is 0.0944. The van der Waals surface area contributed by atoms with Gasteiger partial charge in [-0.15, -0.1) is 0 Å². The van der Waals surface area contributed by atoms with Gasteiger partial charge in [0.25, 0.3) is 0 Å². The lowest BCUT2D eigenvalue weighted by Gasteiger charge is -2.62. The van der Waals surface area contributed by atoms with Gasteiger partial charge >= 0.3 is 17.9 Å². The van der Waals surface area contributed by atoms with Gasteiger partial charge < -0.3 is 29.5 Å². The number of ether oxygens (including phenoxy) is 3. The molecular formula is C32H48O9. The van der Waals surface area contributed by atoms with Crippen molar-refractivity contribution in [1.82, 2.24) is 0 Å². The van der Waals surface area contributed by atoms with Gasteiger partial charge in [0, 0.05) is 32.1 Å². The van der Waals surface area contributed by atoms with Crippen molar-refractivity contribution in [3.05, 3.63) is 0 Å². The highest BCUT2D eigenvalue weighted by Crippen LogP contribution is 2.65. The smallest absolute Gasteiger partial charge is 0.312 e. The Morgan fingerprint density at radius 2 is 1.20 bits per heavy atom.